The minimum absolute atomic E-state index is 0.0427. The molecule has 1 saturated carbocycles. The average molecular weight is 360 g/mol. The van der Waals surface area contributed by atoms with Gasteiger partial charge < -0.3 is 15.3 Å². The van der Waals surface area contributed by atoms with E-state index >= 15 is 0 Å². The maximum atomic E-state index is 12.5. The monoisotopic (exact) mass is 360 g/mol. The Morgan fingerprint density at radius 1 is 1.15 bits per heavy atom. The third-order valence-electron chi connectivity index (χ3n) is 4.93. The molecule has 0 bridgehead atoms. The Labute approximate surface area is 154 Å². The molecule has 2 rings (SSSR count). The first-order valence-electron chi connectivity index (χ1n) is 9.11. The molecule has 0 aromatic heterocycles. The predicted octanol–water partition coefficient (Wildman–Crippen LogP) is 2.82. The number of aliphatic carboxylic acids is 1. The summed E-state index contributed by atoms with van der Waals surface area (Å²) in [6, 6.07) is 7.11. The largest absolute Gasteiger partial charge is 0.481 e. The number of carbonyl (C=O) groups is 3. The highest BCUT2D eigenvalue weighted by atomic mass is 16.4. The van der Waals surface area contributed by atoms with E-state index in [1.54, 1.807) is 24.1 Å². The standard InChI is InChI=1S/C20H28N2O4/c1-14(2)19(26)22(3)13-15-6-8-16(9-7-15)18(25)21-20(12-17(23)24)10-4-5-11-20/h6-9,14H,4-5,10-13H2,1-3H3,(H,21,25)(H,23,24). The smallest absolute Gasteiger partial charge is 0.305 e. The molecule has 6 nitrogen and oxygen atoms in total. The summed E-state index contributed by atoms with van der Waals surface area (Å²) < 4.78 is 0. The summed E-state index contributed by atoms with van der Waals surface area (Å²) in [7, 11) is 1.76. The molecule has 0 saturated heterocycles. The molecule has 1 fully saturated rings. The topological polar surface area (TPSA) is 86.7 Å². The van der Waals surface area contributed by atoms with Crippen LogP contribution in [0.4, 0.5) is 0 Å². The molecule has 0 unspecified atom stereocenters. The Balaban J connectivity index is 2.02. The predicted molar refractivity (Wildman–Crippen MR) is 98.7 cm³/mol. The van der Waals surface area contributed by atoms with E-state index in [1.165, 1.54) is 0 Å². The highest BCUT2D eigenvalue weighted by Gasteiger charge is 2.37. The van der Waals surface area contributed by atoms with Crippen molar-refractivity contribution < 1.29 is 19.5 Å². The number of hydrogen-bond acceptors (Lipinski definition) is 3. The van der Waals surface area contributed by atoms with Gasteiger partial charge in [0.1, 0.15) is 0 Å². The second kappa shape index (κ2) is 8.34. The second-order valence-corrected chi connectivity index (χ2v) is 7.56. The van der Waals surface area contributed by atoms with Gasteiger partial charge in [-0.25, -0.2) is 0 Å². The van der Waals surface area contributed by atoms with Crippen LogP contribution in [0, 0.1) is 5.92 Å². The molecule has 2 N–H and O–H groups in total. The van der Waals surface area contributed by atoms with Crippen molar-refractivity contribution >= 4 is 17.8 Å². The van der Waals surface area contributed by atoms with Crippen LogP contribution in [0.2, 0.25) is 0 Å². The SMILES string of the molecule is CC(C)C(=O)N(C)Cc1ccc(C(=O)NC2(CC(=O)O)CCCC2)cc1. The van der Waals surface area contributed by atoms with Crippen molar-refractivity contribution in [2.24, 2.45) is 5.92 Å². The molecule has 1 aromatic carbocycles. The maximum absolute atomic E-state index is 12.5. The fourth-order valence-electron chi connectivity index (χ4n) is 3.55. The lowest BCUT2D eigenvalue weighted by Gasteiger charge is -2.28. The number of nitrogens with zero attached hydrogens (tertiary/aromatic N) is 1. The lowest BCUT2D eigenvalue weighted by Crippen LogP contribution is -2.47. The molecule has 0 atom stereocenters. The van der Waals surface area contributed by atoms with Crippen LogP contribution >= 0.6 is 0 Å². The van der Waals surface area contributed by atoms with Crippen molar-refractivity contribution in [3.8, 4) is 0 Å². The average Bonchev–Trinajstić information content (AvgIpc) is 3.01. The summed E-state index contributed by atoms with van der Waals surface area (Å²) in [5.74, 6) is -1.11. The fraction of sp³-hybridized carbons (Fsp3) is 0.550. The normalized spacial score (nSPS) is 15.7. The minimum atomic E-state index is -0.889. The zero-order chi connectivity index (χ0) is 19.3. The number of amides is 2. The Morgan fingerprint density at radius 2 is 1.73 bits per heavy atom. The highest BCUT2D eigenvalue weighted by molar-refractivity contribution is 5.95. The van der Waals surface area contributed by atoms with Crippen LogP contribution in [0.25, 0.3) is 0 Å². The van der Waals surface area contributed by atoms with Crippen molar-refractivity contribution in [1.29, 1.82) is 0 Å². The van der Waals surface area contributed by atoms with Crippen LogP contribution in [0.5, 0.6) is 0 Å². The summed E-state index contributed by atoms with van der Waals surface area (Å²) in [4.78, 5) is 37.3. The fourth-order valence-corrected chi connectivity index (χ4v) is 3.55. The Hall–Kier alpha value is -2.37. The third kappa shape index (κ3) is 5.07. The Bertz CT molecular complexity index is 661. The lowest BCUT2D eigenvalue weighted by molar-refractivity contribution is -0.138. The first kappa shape index (κ1) is 19.9. The van der Waals surface area contributed by atoms with E-state index < -0.39 is 11.5 Å². The van der Waals surface area contributed by atoms with Crippen molar-refractivity contribution in [1.82, 2.24) is 10.2 Å². The van der Waals surface area contributed by atoms with Crippen LogP contribution < -0.4 is 5.32 Å². The number of carboxylic acids is 1. The van der Waals surface area contributed by atoms with Crippen LogP contribution in [-0.4, -0.2) is 40.4 Å². The molecule has 6 heteroatoms. The number of hydrogen-bond donors (Lipinski definition) is 2. The van der Waals surface area contributed by atoms with Crippen molar-refractivity contribution in [3.05, 3.63) is 35.4 Å². The van der Waals surface area contributed by atoms with Gasteiger partial charge in [-0.05, 0) is 30.5 Å². The third-order valence-corrected chi connectivity index (χ3v) is 4.93. The molecule has 1 aromatic rings. The van der Waals surface area contributed by atoms with Crippen LogP contribution in [0.15, 0.2) is 24.3 Å². The van der Waals surface area contributed by atoms with E-state index in [2.05, 4.69) is 5.32 Å². The summed E-state index contributed by atoms with van der Waals surface area (Å²) >= 11 is 0. The van der Waals surface area contributed by atoms with Crippen LogP contribution in [0.3, 0.4) is 0 Å². The molecular weight excluding hydrogens is 332 g/mol. The van der Waals surface area contributed by atoms with Crippen LogP contribution in [0.1, 0.15) is 61.9 Å². The van der Waals surface area contributed by atoms with Crippen molar-refractivity contribution in [2.75, 3.05) is 7.05 Å². The Kier molecular flexibility index (Phi) is 6.40. The number of nitrogens with one attached hydrogen (secondary N) is 1. The first-order chi connectivity index (χ1) is 12.2. The first-order valence-corrected chi connectivity index (χ1v) is 9.11. The van der Waals surface area contributed by atoms with E-state index in [-0.39, 0.29) is 24.2 Å². The van der Waals surface area contributed by atoms with Gasteiger partial charge in [0.25, 0.3) is 5.91 Å². The molecule has 0 spiro atoms. The van der Waals surface area contributed by atoms with E-state index in [0.29, 0.717) is 24.9 Å². The second-order valence-electron chi connectivity index (χ2n) is 7.56. The summed E-state index contributed by atoms with van der Waals surface area (Å²) in [6.45, 7) is 4.21. The zero-order valence-corrected chi connectivity index (χ0v) is 15.7. The van der Waals surface area contributed by atoms with Crippen molar-refractivity contribution in [3.63, 3.8) is 0 Å². The van der Waals surface area contributed by atoms with E-state index in [9.17, 15) is 14.4 Å². The van der Waals surface area contributed by atoms with E-state index in [0.717, 1.165) is 18.4 Å². The van der Waals surface area contributed by atoms with Crippen molar-refractivity contribution in [2.45, 2.75) is 58.0 Å². The molecule has 0 aliphatic heterocycles. The molecule has 26 heavy (non-hydrogen) atoms. The molecule has 1 aliphatic carbocycles. The molecule has 0 radical (unpaired) electrons. The lowest BCUT2D eigenvalue weighted by atomic mass is 9.92. The van der Waals surface area contributed by atoms with Gasteiger partial charge in [0, 0.05) is 25.1 Å². The summed E-state index contributed by atoms with van der Waals surface area (Å²) in [5.41, 5.74) is 0.813. The minimum Gasteiger partial charge on any atom is -0.481 e. The Morgan fingerprint density at radius 3 is 2.23 bits per heavy atom. The van der Waals surface area contributed by atoms with Gasteiger partial charge in [-0.1, -0.05) is 38.8 Å². The molecule has 1 aliphatic rings. The summed E-state index contributed by atoms with van der Waals surface area (Å²) in [5, 5.41) is 12.1. The molecule has 142 valence electrons. The number of benzene rings is 1. The van der Waals surface area contributed by atoms with Crippen LogP contribution in [-0.2, 0) is 16.1 Å². The number of carbonyl (C=O) groups excluding carboxylic acids is 2. The van der Waals surface area contributed by atoms with E-state index in [1.807, 2.05) is 26.0 Å². The van der Waals surface area contributed by atoms with E-state index in [4.69, 9.17) is 5.11 Å². The number of rotatable bonds is 7. The van der Waals surface area contributed by atoms with Gasteiger partial charge in [-0.2, -0.15) is 0 Å². The van der Waals surface area contributed by atoms with Gasteiger partial charge in [0.2, 0.25) is 5.91 Å². The number of carboxylic acid groups (broad SMARTS) is 1. The van der Waals surface area contributed by atoms with Gasteiger partial charge in [0.05, 0.1) is 12.0 Å². The van der Waals surface area contributed by atoms with Gasteiger partial charge >= 0.3 is 5.97 Å². The quantitative estimate of drug-likeness (QED) is 0.783. The molecule has 2 amide bonds. The van der Waals surface area contributed by atoms with Gasteiger partial charge in [0.15, 0.2) is 0 Å². The molecule has 0 heterocycles. The highest BCUT2D eigenvalue weighted by Crippen LogP contribution is 2.33. The van der Waals surface area contributed by atoms with Gasteiger partial charge in [-0.3, -0.25) is 14.4 Å². The van der Waals surface area contributed by atoms with Gasteiger partial charge in [-0.15, -0.1) is 0 Å². The summed E-state index contributed by atoms with van der Waals surface area (Å²) in [6.07, 6.45) is 3.22. The molecular formula is C20H28N2O4. The zero-order valence-electron chi connectivity index (χ0n) is 15.7. The maximum Gasteiger partial charge on any atom is 0.305 e.